The van der Waals surface area contributed by atoms with Crippen LogP contribution in [-0.2, 0) is 14.3 Å². The molecule has 1 amide bonds. The summed E-state index contributed by atoms with van der Waals surface area (Å²) in [6.07, 6.45) is 32.9. The molecule has 0 saturated heterocycles. The molecule has 5 heteroatoms. The number of nitrogens with one attached hydrogen (secondary N) is 1. The lowest BCUT2D eigenvalue weighted by Crippen LogP contribution is -2.27. The summed E-state index contributed by atoms with van der Waals surface area (Å²) < 4.78 is 5.03. The molecule has 0 rings (SSSR count). The van der Waals surface area contributed by atoms with Crippen LogP contribution >= 0.6 is 12.6 Å². The van der Waals surface area contributed by atoms with Crippen LogP contribution in [-0.4, -0.2) is 30.8 Å². The average Bonchev–Trinajstić information content (AvgIpc) is 2.82. The summed E-state index contributed by atoms with van der Waals surface area (Å²) in [6.45, 7) is 2.77. The standard InChI is InChI=1S/C28H45NO3S/c1-2-3-4-5-6-7-8-9-10-11-12-13-14-15-16-17-18-19-20-22-27(30)29-24-25-32-28(31)23-21-26-33/h3-4,6-7,9-10,12-13,15-16,33H,2,5,8,11,14,17-26H2,1H3,(H,29,30)/b4-3-,7-6-,10-9-,13-12-,16-15-. The van der Waals surface area contributed by atoms with Gasteiger partial charge in [-0.15, -0.1) is 0 Å². The van der Waals surface area contributed by atoms with Crippen molar-refractivity contribution >= 4 is 24.5 Å². The van der Waals surface area contributed by atoms with E-state index in [1.165, 1.54) is 0 Å². The van der Waals surface area contributed by atoms with Gasteiger partial charge in [-0.25, -0.2) is 0 Å². The van der Waals surface area contributed by atoms with E-state index >= 15 is 0 Å². The fourth-order valence-electron chi connectivity index (χ4n) is 2.83. The molecule has 0 aromatic carbocycles. The van der Waals surface area contributed by atoms with E-state index in [-0.39, 0.29) is 18.5 Å². The minimum Gasteiger partial charge on any atom is -0.464 e. The van der Waals surface area contributed by atoms with E-state index in [0.717, 1.165) is 57.8 Å². The van der Waals surface area contributed by atoms with Gasteiger partial charge < -0.3 is 10.1 Å². The molecule has 0 aromatic rings. The fourth-order valence-corrected chi connectivity index (χ4v) is 2.99. The van der Waals surface area contributed by atoms with Crippen molar-refractivity contribution in [3.05, 3.63) is 60.8 Å². The molecule has 0 aliphatic rings. The lowest BCUT2D eigenvalue weighted by atomic mass is 10.1. The van der Waals surface area contributed by atoms with Gasteiger partial charge in [0.25, 0.3) is 0 Å². The summed E-state index contributed by atoms with van der Waals surface area (Å²) in [5.74, 6) is 0.469. The molecule has 0 saturated carbocycles. The topological polar surface area (TPSA) is 55.4 Å². The van der Waals surface area contributed by atoms with E-state index in [1.54, 1.807) is 0 Å². The first kappa shape index (κ1) is 31.0. The van der Waals surface area contributed by atoms with Crippen molar-refractivity contribution in [2.75, 3.05) is 18.9 Å². The predicted molar refractivity (Wildman–Crippen MR) is 145 cm³/mol. The van der Waals surface area contributed by atoms with Gasteiger partial charge in [0, 0.05) is 12.8 Å². The van der Waals surface area contributed by atoms with E-state index in [1.807, 2.05) is 0 Å². The molecule has 0 spiro atoms. The number of allylic oxidation sites excluding steroid dienone is 10. The number of thiol groups is 1. The quantitative estimate of drug-likeness (QED) is 0.0809. The lowest BCUT2D eigenvalue weighted by molar-refractivity contribution is -0.143. The monoisotopic (exact) mass is 475 g/mol. The maximum Gasteiger partial charge on any atom is 0.305 e. The minimum atomic E-state index is -0.228. The SMILES string of the molecule is CC/C=C\C/C=C\C/C=C\C/C=C\C/C=C\CCCCCC(=O)NCCOC(=O)CCCS. The van der Waals surface area contributed by atoms with Gasteiger partial charge in [-0.3, -0.25) is 9.59 Å². The van der Waals surface area contributed by atoms with Crippen LogP contribution in [0.2, 0.25) is 0 Å². The third kappa shape index (κ3) is 26.1. The van der Waals surface area contributed by atoms with E-state index in [2.05, 4.69) is 85.6 Å². The number of amides is 1. The van der Waals surface area contributed by atoms with Crippen molar-refractivity contribution in [1.29, 1.82) is 0 Å². The highest BCUT2D eigenvalue weighted by Gasteiger charge is 2.03. The molecular formula is C28H45NO3S. The van der Waals surface area contributed by atoms with Gasteiger partial charge in [0.1, 0.15) is 6.61 Å². The molecule has 1 N–H and O–H groups in total. The van der Waals surface area contributed by atoms with Crippen molar-refractivity contribution < 1.29 is 14.3 Å². The van der Waals surface area contributed by atoms with E-state index < -0.39 is 0 Å². The first-order valence-electron chi connectivity index (χ1n) is 12.5. The number of carbonyl (C=O) groups is 2. The molecule has 0 heterocycles. The van der Waals surface area contributed by atoms with Crippen LogP contribution in [0.5, 0.6) is 0 Å². The molecule has 4 nitrogen and oxygen atoms in total. The highest BCUT2D eigenvalue weighted by atomic mass is 32.1. The third-order valence-electron chi connectivity index (χ3n) is 4.66. The second-order valence-corrected chi connectivity index (χ2v) is 8.15. The van der Waals surface area contributed by atoms with Gasteiger partial charge >= 0.3 is 5.97 Å². The van der Waals surface area contributed by atoms with Crippen molar-refractivity contribution in [2.24, 2.45) is 0 Å². The third-order valence-corrected chi connectivity index (χ3v) is 4.97. The van der Waals surface area contributed by atoms with Crippen LogP contribution in [0.4, 0.5) is 0 Å². The Labute approximate surface area is 207 Å². The molecule has 0 bridgehead atoms. The summed E-state index contributed by atoms with van der Waals surface area (Å²) in [6, 6.07) is 0. The maximum atomic E-state index is 11.7. The molecule has 33 heavy (non-hydrogen) atoms. The Kier molecular flexibility index (Phi) is 24.6. The second kappa shape index (κ2) is 26.2. The molecule has 0 radical (unpaired) electrons. The van der Waals surface area contributed by atoms with E-state index in [4.69, 9.17) is 4.74 Å². The Balaban J connectivity index is 3.48. The highest BCUT2D eigenvalue weighted by Crippen LogP contribution is 2.04. The summed E-state index contributed by atoms with van der Waals surface area (Å²) >= 11 is 4.05. The van der Waals surface area contributed by atoms with Crippen molar-refractivity contribution in [1.82, 2.24) is 5.32 Å². The highest BCUT2D eigenvalue weighted by molar-refractivity contribution is 7.80. The molecule has 0 aliphatic heterocycles. The van der Waals surface area contributed by atoms with Crippen LogP contribution < -0.4 is 5.32 Å². The first-order chi connectivity index (χ1) is 16.2. The summed E-state index contributed by atoms with van der Waals surface area (Å²) in [5.41, 5.74) is 0. The van der Waals surface area contributed by atoms with Crippen LogP contribution in [0.25, 0.3) is 0 Å². The second-order valence-electron chi connectivity index (χ2n) is 7.70. The number of esters is 1. The zero-order chi connectivity index (χ0) is 24.2. The van der Waals surface area contributed by atoms with Gasteiger partial charge in [-0.05, 0) is 63.5 Å². The fraction of sp³-hybridized carbons (Fsp3) is 0.571. The Morgan fingerprint density at radius 3 is 1.88 bits per heavy atom. The Hall–Kier alpha value is -2.01. The number of ether oxygens (including phenoxy) is 1. The number of hydrogen-bond acceptors (Lipinski definition) is 4. The Bertz CT molecular complexity index is 621. The van der Waals surface area contributed by atoms with Crippen LogP contribution in [0.15, 0.2) is 60.8 Å². The zero-order valence-electron chi connectivity index (χ0n) is 20.6. The lowest BCUT2D eigenvalue weighted by Gasteiger charge is -2.06. The molecule has 0 atom stereocenters. The van der Waals surface area contributed by atoms with Gasteiger partial charge in [-0.1, -0.05) is 74.1 Å². The first-order valence-corrected chi connectivity index (χ1v) is 13.1. The summed E-state index contributed by atoms with van der Waals surface area (Å²) in [5, 5.41) is 2.79. The van der Waals surface area contributed by atoms with E-state index in [0.29, 0.717) is 31.6 Å². The molecule has 0 aliphatic carbocycles. The predicted octanol–water partition coefficient (Wildman–Crippen LogP) is 7.06. The summed E-state index contributed by atoms with van der Waals surface area (Å²) in [4.78, 5) is 23.1. The average molecular weight is 476 g/mol. The smallest absolute Gasteiger partial charge is 0.305 e. The molecule has 0 unspecified atom stereocenters. The Morgan fingerprint density at radius 1 is 0.727 bits per heavy atom. The zero-order valence-corrected chi connectivity index (χ0v) is 21.4. The molecule has 0 aromatic heterocycles. The maximum absolute atomic E-state index is 11.7. The summed E-state index contributed by atoms with van der Waals surface area (Å²) in [7, 11) is 0. The van der Waals surface area contributed by atoms with Crippen molar-refractivity contribution in [3.8, 4) is 0 Å². The normalized spacial score (nSPS) is 12.2. The van der Waals surface area contributed by atoms with Crippen LogP contribution in [0.3, 0.4) is 0 Å². The van der Waals surface area contributed by atoms with Crippen LogP contribution in [0, 0.1) is 0 Å². The number of hydrogen-bond donors (Lipinski definition) is 2. The largest absolute Gasteiger partial charge is 0.464 e. The van der Waals surface area contributed by atoms with Gasteiger partial charge in [0.2, 0.25) is 5.91 Å². The molecule has 0 fully saturated rings. The van der Waals surface area contributed by atoms with Gasteiger partial charge in [0.05, 0.1) is 6.54 Å². The van der Waals surface area contributed by atoms with Gasteiger partial charge in [-0.2, -0.15) is 12.6 Å². The molecule has 186 valence electrons. The molecular weight excluding hydrogens is 430 g/mol. The number of unbranched alkanes of at least 4 members (excludes halogenated alkanes) is 3. The number of rotatable bonds is 21. The van der Waals surface area contributed by atoms with Crippen molar-refractivity contribution in [2.45, 2.75) is 84.0 Å². The minimum absolute atomic E-state index is 0.0243. The van der Waals surface area contributed by atoms with E-state index in [9.17, 15) is 9.59 Å². The van der Waals surface area contributed by atoms with Gasteiger partial charge in [0.15, 0.2) is 0 Å². The Morgan fingerprint density at radius 2 is 1.30 bits per heavy atom. The van der Waals surface area contributed by atoms with Crippen molar-refractivity contribution in [3.63, 3.8) is 0 Å². The number of carbonyl (C=O) groups excluding carboxylic acids is 2. The van der Waals surface area contributed by atoms with Crippen LogP contribution in [0.1, 0.15) is 84.0 Å².